The molecule has 2 amide bonds. The molecule has 7 heteroatoms. The second kappa shape index (κ2) is 6.56. The lowest BCUT2D eigenvalue weighted by Gasteiger charge is -2.24. The first-order chi connectivity index (χ1) is 12.9. The zero-order valence-corrected chi connectivity index (χ0v) is 16.1. The molecule has 2 aliphatic heterocycles. The SMILES string of the molecule is CCOc1ccccc1N1C(=O)N(c2ccc(C)cc2)[C@@H]2CS(=O)(=O)C[C@H]21. The average Bonchev–Trinajstić information content (AvgIpc) is 3.06. The molecule has 2 aromatic carbocycles. The molecule has 0 aromatic heterocycles. The molecule has 0 aliphatic carbocycles. The molecule has 4 rings (SSSR count). The van der Waals surface area contributed by atoms with E-state index in [1.54, 1.807) is 15.9 Å². The van der Waals surface area contributed by atoms with Gasteiger partial charge in [-0.15, -0.1) is 0 Å². The molecule has 27 heavy (non-hydrogen) atoms. The Bertz CT molecular complexity index is 972. The molecule has 2 saturated heterocycles. The van der Waals surface area contributed by atoms with Crippen LogP contribution >= 0.6 is 0 Å². The molecular weight excluding hydrogens is 364 g/mol. The van der Waals surface area contributed by atoms with Gasteiger partial charge in [0.1, 0.15) is 5.75 Å². The predicted molar refractivity (Wildman–Crippen MR) is 105 cm³/mol. The summed E-state index contributed by atoms with van der Waals surface area (Å²) in [5.74, 6) is 0.527. The fourth-order valence-corrected chi connectivity index (χ4v) is 5.85. The summed E-state index contributed by atoms with van der Waals surface area (Å²) < 4.78 is 30.4. The minimum absolute atomic E-state index is 0.0232. The van der Waals surface area contributed by atoms with E-state index in [-0.39, 0.29) is 17.5 Å². The van der Waals surface area contributed by atoms with Gasteiger partial charge in [0.05, 0.1) is 35.9 Å². The molecule has 2 fully saturated rings. The van der Waals surface area contributed by atoms with Crippen LogP contribution in [0.2, 0.25) is 0 Å². The first-order valence-electron chi connectivity index (χ1n) is 9.02. The van der Waals surface area contributed by atoms with E-state index in [1.807, 2.05) is 56.3 Å². The highest BCUT2D eigenvalue weighted by Gasteiger charge is 2.54. The molecule has 0 radical (unpaired) electrons. The Balaban J connectivity index is 1.81. The van der Waals surface area contributed by atoms with Crippen LogP contribution in [0.25, 0.3) is 0 Å². The van der Waals surface area contributed by atoms with Crippen molar-refractivity contribution in [2.24, 2.45) is 0 Å². The lowest BCUT2D eigenvalue weighted by molar-refractivity contribution is 0.254. The van der Waals surface area contributed by atoms with E-state index in [0.29, 0.717) is 23.7 Å². The van der Waals surface area contributed by atoms with Crippen molar-refractivity contribution in [3.63, 3.8) is 0 Å². The van der Waals surface area contributed by atoms with Crippen molar-refractivity contribution < 1.29 is 17.9 Å². The molecule has 2 aromatic rings. The average molecular weight is 386 g/mol. The third-order valence-corrected chi connectivity index (χ3v) is 6.80. The van der Waals surface area contributed by atoms with Crippen molar-refractivity contribution in [3.8, 4) is 5.75 Å². The number of carbonyl (C=O) groups is 1. The topological polar surface area (TPSA) is 66.9 Å². The summed E-state index contributed by atoms with van der Waals surface area (Å²) in [4.78, 5) is 16.6. The van der Waals surface area contributed by atoms with E-state index in [4.69, 9.17) is 4.74 Å². The Labute approximate surface area is 159 Å². The highest BCUT2D eigenvalue weighted by Crippen LogP contribution is 2.41. The number of hydrogen-bond donors (Lipinski definition) is 0. The Hall–Kier alpha value is -2.54. The van der Waals surface area contributed by atoms with Crippen LogP contribution in [-0.2, 0) is 9.84 Å². The largest absolute Gasteiger partial charge is 0.492 e. The summed E-state index contributed by atoms with van der Waals surface area (Å²) in [7, 11) is -3.22. The molecule has 2 heterocycles. The molecule has 6 nitrogen and oxygen atoms in total. The summed E-state index contributed by atoms with van der Waals surface area (Å²) in [6, 6.07) is 13.8. The van der Waals surface area contributed by atoms with Gasteiger partial charge in [0.25, 0.3) is 0 Å². The predicted octanol–water partition coefficient (Wildman–Crippen LogP) is 3.01. The number of fused-ring (bicyclic) bond motifs is 1. The number of rotatable bonds is 4. The lowest BCUT2D eigenvalue weighted by Crippen LogP contribution is -2.38. The maximum Gasteiger partial charge on any atom is 0.329 e. The minimum atomic E-state index is -3.22. The maximum atomic E-state index is 13.4. The monoisotopic (exact) mass is 386 g/mol. The van der Waals surface area contributed by atoms with Gasteiger partial charge in [-0.3, -0.25) is 9.80 Å². The zero-order valence-electron chi connectivity index (χ0n) is 15.3. The Morgan fingerprint density at radius 2 is 1.63 bits per heavy atom. The first kappa shape index (κ1) is 17.9. The van der Waals surface area contributed by atoms with Gasteiger partial charge in [-0.1, -0.05) is 29.8 Å². The number of benzene rings is 2. The van der Waals surface area contributed by atoms with Gasteiger partial charge >= 0.3 is 6.03 Å². The van der Waals surface area contributed by atoms with Crippen molar-refractivity contribution in [2.75, 3.05) is 27.9 Å². The minimum Gasteiger partial charge on any atom is -0.492 e. The van der Waals surface area contributed by atoms with Crippen LogP contribution in [0.5, 0.6) is 5.75 Å². The van der Waals surface area contributed by atoms with Crippen LogP contribution in [0.15, 0.2) is 48.5 Å². The molecule has 0 bridgehead atoms. The Kier molecular flexibility index (Phi) is 4.34. The normalized spacial score (nSPS) is 23.6. The summed E-state index contributed by atoms with van der Waals surface area (Å²) in [6.45, 7) is 4.32. The van der Waals surface area contributed by atoms with E-state index in [1.165, 1.54) is 0 Å². The van der Waals surface area contributed by atoms with Crippen LogP contribution in [0.4, 0.5) is 16.2 Å². The molecule has 2 aliphatic rings. The summed E-state index contributed by atoms with van der Waals surface area (Å²) in [5, 5.41) is 0. The molecular formula is C20H22N2O4S. The standard InChI is InChI=1S/C20H22N2O4S/c1-3-26-19-7-5-4-6-16(19)22-18-13-27(24,25)12-17(18)21(20(22)23)15-10-8-14(2)9-11-15/h4-11,17-18H,3,12-13H2,1-2H3/t17-,18-/m1/s1. The number of ether oxygens (including phenoxy) is 1. The number of hydrogen-bond acceptors (Lipinski definition) is 4. The quantitative estimate of drug-likeness (QED) is 0.758. The molecule has 142 valence electrons. The van der Waals surface area contributed by atoms with E-state index < -0.39 is 21.9 Å². The number of para-hydroxylation sites is 2. The highest BCUT2D eigenvalue weighted by molar-refractivity contribution is 7.91. The number of sulfone groups is 1. The summed E-state index contributed by atoms with van der Waals surface area (Å²) in [5.41, 5.74) is 2.42. The van der Waals surface area contributed by atoms with Crippen molar-refractivity contribution >= 4 is 27.2 Å². The van der Waals surface area contributed by atoms with Crippen molar-refractivity contribution in [2.45, 2.75) is 25.9 Å². The van der Waals surface area contributed by atoms with Gasteiger partial charge in [0.15, 0.2) is 9.84 Å². The molecule has 0 saturated carbocycles. The number of amides is 2. The van der Waals surface area contributed by atoms with Gasteiger partial charge in [0, 0.05) is 5.69 Å². The van der Waals surface area contributed by atoms with Gasteiger partial charge in [-0.2, -0.15) is 0 Å². The Morgan fingerprint density at radius 1 is 1.00 bits per heavy atom. The van der Waals surface area contributed by atoms with Crippen molar-refractivity contribution in [1.29, 1.82) is 0 Å². The van der Waals surface area contributed by atoms with Gasteiger partial charge < -0.3 is 4.74 Å². The second-order valence-electron chi connectivity index (χ2n) is 6.97. The summed E-state index contributed by atoms with van der Waals surface area (Å²) >= 11 is 0. The highest BCUT2D eigenvalue weighted by atomic mass is 32.2. The van der Waals surface area contributed by atoms with Crippen LogP contribution in [0.1, 0.15) is 12.5 Å². The fourth-order valence-electron chi connectivity index (χ4n) is 3.93. The third kappa shape index (κ3) is 3.06. The van der Waals surface area contributed by atoms with Crippen LogP contribution < -0.4 is 14.5 Å². The number of carbonyl (C=O) groups excluding carboxylic acids is 1. The molecule has 0 N–H and O–H groups in total. The number of urea groups is 1. The number of aryl methyl sites for hydroxylation is 1. The van der Waals surface area contributed by atoms with E-state index in [0.717, 1.165) is 5.56 Å². The third-order valence-electron chi connectivity index (χ3n) is 5.11. The zero-order chi connectivity index (χ0) is 19.2. The maximum absolute atomic E-state index is 13.4. The van der Waals surface area contributed by atoms with Gasteiger partial charge in [-0.05, 0) is 38.1 Å². The number of nitrogens with zero attached hydrogens (tertiary/aromatic N) is 2. The molecule has 0 unspecified atom stereocenters. The van der Waals surface area contributed by atoms with Crippen molar-refractivity contribution in [1.82, 2.24) is 0 Å². The van der Waals surface area contributed by atoms with Gasteiger partial charge in [-0.25, -0.2) is 13.2 Å². The molecule has 2 atom stereocenters. The molecule has 0 spiro atoms. The van der Waals surface area contributed by atoms with Crippen LogP contribution in [0, 0.1) is 6.92 Å². The fraction of sp³-hybridized carbons (Fsp3) is 0.350. The van der Waals surface area contributed by atoms with Crippen LogP contribution in [-0.4, -0.2) is 44.6 Å². The van der Waals surface area contributed by atoms with Crippen LogP contribution in [0.3, 0.4) is 0 Å². The van der Waals surface area contributed by atoms with E-state index in [2.05, 4.69) is 0 Å². The smallest absolute Gasteiger partial charge is 0.329 e. The number of anilines is 2. The van der Waals surface area contributed by atoms with Crippen molar-refractivity contribution in [3.05, 3.63) is 54.1 Å². The second-order valence-corrected chi connectivity index (χ2v) is 9.12. The Morgan fingerprint density at radius 3 is 2.30 bits per heavy atom. The lowest BCUT2D eigenvalue weighted by atomic mass is 10.1. The van der Waals surface area contributed by atoms with Gasteiger partial charge in [0.2, 0.25) is 0 Å². The van der Waals surface area contributed by atoms with E-state index in [9.17, 15) is 13.2 Å². The summed E-state index contributed by atoms with van der Waals surface area (Å²) in [6.07, 6.45) is 0. The van der Waals surface area contributed by atoms with E-state index >= 15 is 0 Å². The first-order valence-corrected chi connectivity index (χ1v) is 10.8.